The van der Waals surface area contributed by atoms with Crippen LogP contribution in [0.3, 0.4) is 0 Å². The summed E-state index contributed by atoms with van der Waals surface area (Å²) in [6, 6.07) is 14.2. The van der Waals surface area contributed by atoms with E-state index in [0.29, 0.717) is 5.92 Å². The summed E-state index contributed by atoms with van der Waals surface area (Å²) in [6.45, 7) is 12.8. The molecule has 0 heterocycles. The van der Waals surface area contributed by atoms with Crippen LogP contribution in [0.5, 0.6) is 0 Å². The highest BCUT2D eigenvalue weighted by atomic mass is 19.1. The summed E-state index contributed by atoms with van der Waals surface area (Å²) in [7, 11) is 0. The van der Waals surface area contributed by atoms with Crippen molar-refractivity contribution >= 4 is 0 Å². The van der Waals surface area contributed by atoms with Gasteiger partial charge in [-0.2, -0.15) is 0 Å². The molecule has 2 aromatic rings. The third kappa shape index (κ3) is 3.09. The van der Waals surface area contributed by atoms with Gasteiger partial charge in [0.2, 0.25) is 0 Å². The summed E-state index contributed by atoms with van der Waals surface area (Å²) in [6.07, 6.45) is 0. The maximum Gasteiger partial charge on any atom is 0.126 e. The number of hydrogen-bond donors (Lipinski definition) is 0. The van der Waals surface area contributed by atoms with Gasteiger partial charge in [-0.3, -0.25) is 0 Å². The average molecular weight is 298 g/mol. The molecule has 2 rings (SSSR count). The van der Waals surface area contributed by atoms with E-state index >= 15 is 0 Å². The highest BCUT2D eigenvalue weighted by molar-refractivity contribution is 5.44. The molecule has 0 fully saturated rings. The van der Waals surface area contributed by atoms with Gasteiger partial charge in [0, 0.05) is 5.41 Å². The van der Waals surface area contributed by atoms with Crippen molar-refractivity contribution in [3.05, 3.63) is 70.5 Å². The van der Waals surface area contributed by atoms with Gasteiger partial charge in [-0.15, -0.1) is 0 Å². The highest BCUT2D eigenvalue weighted by Crippen LogP contribution is 2.37. The number of hydrogen-bond acceptors (Lipinski definition) is 0. The third-order valence-corrected chi connectivity index (χ3v) is 4.60. The minimum Gasteiger partial charge on any atom is -0.207 e. The number of benzene rings is 2. The molecule has 118 valence electrons. The lowest BCUT2D eigenvalue weighted by Crippen LogP contribution is -2.22. The monoisotopic (exact) mass is 298 g/mol. The fourth-order valence-corrected chi connectivity index (χ4v) is 3.11. The molecule has 2 aromatic carbocycles. The molecule has 0 amide bonds. The van der Waals surface area contributed by atoms with Crippen molar-refractivity contribution in [2.24, 2.45) is 0 Å². The Morgan fingerprint density at radius 3 is 1.95 bits per heavy atom. The fraction of sp³-hybridized carbons (Fsp3) is 0.429. The first kappa shape index (κ1) is 16.7. The molecule has 0 aliphatic carbocycles. The van der Waals surface area contributed by atoms with Gasteiger partial charge in [0.05, 0.1) is 0 Å². The summed E-state index contributed by atoms with van der Waals surface area (Å²) in [5, 5.41) is 0. The van der Waals surface area contributed by atoms with E-state index in [1.165, 1.54) is 11.1 Å². The Hall–Kier alpha value is -1.63. The molecule has 0 saturated carbocycles. The second-order valence-electron chi connectivity index (χ2n) is 7.26. The van der Waals surface area contributed by atoms with E-state index in [0.717, 1.165) is 11.1 Å². The SMILES string of the molecule is CC(C)c1ccc(C(C)(C)c2ccccc2C(C)C)cc1F. The quantitative estimate of drug-likeness (QED) is 0.612. The molecule has 0 aliphatic rings. The molecule has 0 N–H and O–H groups in total. The molecule has 0 saturated heterocycles. The van der Waals surface area contributed by atoms with Gasteiger partial charge in [0.1, 0.15) is 5.82 Å². The first-order valence-electron chi connectivity index (χ1n) is 8.14. The van der Waals surface area contributed by atoms with Crippen LogP contribution in [0.1, 0.15) is 75.6 Å². The van der Waals surface area contributed by atoms with Crippen LogP contribution >= 0.6 is 0 Å². The Balaban J connectivity index is 2.54. The van der Waals surface area contributed by atoms with Gasteiger partial charge in [-0.1, -0.05) is 77.9 Å². The van der Waals surface area contributed by atoms with Crippen molar-refractivity contribution in [3.63, 3.8) is 0 Å². The van der Waals surface area contributed by atoms with E-state index in [4.69, 9.17) is 0 Å². The van der Waals surface area contributed by atoms with Crippen molar-refractivity contribution < 1.29 is 4.39 Å². The molecule has 0 aliphatic heterocycles. The van der Waals surface area contributed by atoms with Gasteiger partial charge in [-0.25, -0.2) is 4.39 Å². The molecule has 22 heavy (non-hydrogen) atoms. The molecular weight excluding hydrogens is 271 g/mol. The van der Waals surface area contributed by atoms with Gasteiger partial charge in [0.15, 0.2) is 0 Å². The summed E-state index contributed by atoms with van der Waals surface area (Å²) in [4.78, 5) is 0. The molecule has 0 nitrogen and oxygen atoms in total. The number of rotatable bonds is 4. The Morgan fingerprint density at radius 1 is 0.818 bits per heavy atom. The topological polar surface area (TPSA) is 0 Å². The smallest absolute Gasteiger partial charge is 0.126 e. The van der Waals surface area contributed by atoms with Gasteiger partial charge in [0.25, 0.3) is 0 Å². The lowest BCUT2D eigenvalue weighted by Gasteiger charge is -2.30. The van der Waals surface area contributed by atoms with Crippen molar-refractivity contribution in [1.29, 1.82) is 0 Å². The highest BCUT2D eigenvalue weighted by Gasteiger charge is 2.27. The molecule has 0 atom stereocenters. The molecule has 0 radical (unpaired) electrons. The molecule has 0 spiro atoms. The van der Waals surface area contributed by atoms with Crippen LogP contribution in [0, 0.1) is 5.82 Å². The summed E-state index contributed by atoms with van der Waals surface area (Å²) in [5.74, 6) is 0.568. The van der Waals surface area contributed by atoms with Crippen LogP contribution in [-0.4, -0.2) is 0 Å². The Labute approximate surface area is 134 Å². The first-order chi connectivity index (χ1) is 10.2. The van der Waals surface area contributed by atoms with E-state index in [1.807, 2.05) is 19.9 Å². The van der Waals surface area contributed by atoms with E-state index < -0.39 is 0 Å². The first-order valence-corrected chi connectivity index (χ1v) is 8.14. The van der Waals surface area contributed by atoms with Gasteiger partial charge in [-0.05, 0) is 40.2 Å². The second kappa shape index (κ2) is 6.24. The lowest BCUT2D eigenvalue weighted by atomic mass is 9.74. The fourth-order valence-electron chi connectivity index (χ4n) is 3.11. The van der Waals surface area contributed by atoms with Crippen molar-refractivity contribution in [1.82, 2.24) is 0 Å². The molecule has 0 aromatic heterocycles. The lowest BCUT2D eigenvalue weighted by molar-refractivity contribution is 0.576. The molecule has 1 heteroatoms. The van der Waals surface area contributed by atoms with E-state index in [1.54, 1.807) is 6.07 Å². The Bertz CT molecular complexity index is 651. The van der Waals surface area contributed by atoms with E-state index in [-0.39, 0.29) is 17.2 Å². The molecule has 0 unspecified atom stereocenters. The van der Waals surface area contributed by atoms with Crippen LogP contribution in [0.15, 0.2) is 42.5 Å². The average Bonchev–Trinajstić information content (AvgIpc) is 2.46. The Kier molecular flexibility index (Phi) is 4.75. The summed E-state index contributed by atoms with van der Waals surface area (Å²) >= 11 is 0. The van der Waals surface area contributed by atoms with E-state index in [2.05, 4.69) is 58.0 Å². The maximum atomic E-state index is 14.4. The van der Waals surface area contributed by atoms with Crippen molar-refractivity contribution in [3.8, 4) is 0 Å². The maximum absolute atomic E-state index is 14.4. The minimum atomic E-state index is -0.211. The van der Waals surface area contributed by atoms with E-state index in [9.17, 15) is 4.39 Å². The zero-order chi connectivity index (χ0) is 16.5. The van der Waals surface area contributed by atoms with Crippen LogP contribution in [-0.2, 0) is 5.41 Å². The van der Waals surface area contributed by atoms with Gasteiger partial charge < -0.3 is 0 Å². The Morgan fingerprint density at radius 2 is 1.41 bits per heavy atom. The molecular formula is C21H27F. The van der Waals surface area contributed by atoms with Crippen LogP contribution < -0.4 is 0 Å². The van der Waals surface area contributed by atoms with Crippen molar-refractivity contribution in [2.75, 3.05) is 0 Å². The predicted molar refractivity (Wildman–Crippen MR) is 93.1 cm³/mol. The second-order valence-corrected chi connectivity index (χ2v) is 7.26. The summed E-state index contributed by atoms with van der Waals surface area (Å²) < 4.78 is 14.4. The summed E-state index contributed by atoms with van der Waals surface area (Å²) in [5.41, 5.74) is 4.22. The zero-order valence-electron chi connectivity index (χ0n) is 14.6. The van der Waals surface area contributed by atoms with Gasteiger partial charge >= 0.3 is 0 Å². The third-order valence-electron chi connectivity index (χ3n) is 4.60. The van der Waals surface area contributed by atoms with Crippen LogP contribution in [0.2, 0.25) is 0 Å². The number of halogens is 1. The predicted octanol–water partition coefficient (Wildman–Crippen LogP) is 6.40. The largest absolute Gasteiger partial charge is 0.207 e. The zero-order valence-corrected chi connectivity index (χ0v) is 14.6. The van der Waals surface area contributed by atoms with Crippen LogP contribution in [0.25, 0.3) is 0 Å². The van der Waals surface area contributed by atoms with Crippen LogP contribution in [0.4, 0.5) is 4.39 Å². The standard InChI is InChI=1S/C21H27F/c1-14(2)17-9-7-8-10-19(17)21(5,6)16-11-12-18(15(3)4)20(22)13-16/h7-15H,1-6H3. The normalized spacial score (nSPS) is 12.2. The molecule has 0 bridgehead atoms. The van der Waals surface area contributed by atoms with Crippen molar-refractivity contribution in [2.45, 2.75) is 58.8 Å². The minimum absolute atomic E-state index is 0.0948.